The van der Waals surface area contributed by atoms with Crippen molar-refractivity contribution in [3.63, 3.8) is 0 Å². The van der Waals surface area contributed by atoms with Crippen molar-refractivity contribution in [1.29, 1.82) is 0 Å². The van der Waals surface area contributed by atoms with Gasteiger partial charge in [0.2, 0.25) is 5.91 Å². The first-order valence-electron chi connectivity index (χ1n) is 21.9. The monoisotopic (exact) mass is 906 g/mol. The maximum atomic E-state index is 14.2. The van der Waals surface area contributed by atoms with Crippen molar-refractivity contribution in [2.75, 3.05) is 44.4 Å². The van der Waals surface area contributed by atoms with Gasteiger partial charge in [-0.1, -0.05) is 60.7 Å². The van der Waals surface area contributed by atoms with Gasteiger partial charge in [0, 0.05) is 46.8 Å². The number of carbonyl (C=O) groups excluding carboxylic acids is 6. The molecular formula is C52H46N2O11S. The lowest BCUT2D eigenvalue weighted by molar-refractivity contribution is -0.153. The normalized spacial score (nSPS) is 18.0. The number of carboxylic acids is 1. The molecule has 0 spiro atoms. The van der Waals surface area contributed by atoms with Crippen LogP contribution in [0.4, 0.5) is 0 Å². The molecule has 0 saturated heterocycles. The van der Waals surface area contributed by atoms with Gasteiger partial charge in [0.15, 0.2) is 0 Å². The summed E-state index contributed by atoms with van der Waals surface area (Å²) in [7, 11) is 0. The van der Waals surface area contributed by atoms with Crippen molar-refractivity contribution in [1.82, 2.24) is 9.80 Å². The second-order valence-corrected chi connectivity index (χ2v) is 18.3. The van der Waals surface area contributed by atoms with Crippen molar-refractivity contribution in [3.8, 4) is 5.75 Å². The Bertz CT molecular complexity index is 2870. The van der Waals surface area contributed by atoms with E-state index in [9.17, 15) is 38.7 Å². The average Bonchev–Trinajstić information content (AvgIpc) is 3.31. The number of hydrogen-bond acceptors (Lipinski definition) is 11. The van der Waals surface area contributed by atoms with Crippen LogP contribution in [0.5, 0.6) is 5.75 Å². The summed E-state index contributed by atoms with van der Waals surface area (Å²) in [6.45, 7) is 6.07. The Balaban J connectivity index is 0.857. The lowest BCUT2D eigenvalue weighted by Gasteiger charge is -2.42. The third kappa shape index (κ3) is 7.93. The van der Waals surface area contributed by atoms with Gasteiger partial charge in [-0.3, -0.25) is 38.6 Å². The van der Waals surface area contributed by atoms with Gasteiger partial charge in [0.25, 0.3) is 17.7 Å². The molecule has 4 aromatic rings. The molecule has 66 heavy (non-hydrogen) atoms. The minimum absolute atomic E-state index is 0.0499. The second-order valence-electron chi connectivity index (χ2n) is 17.3. The molecule has 13 nitrogen and oxygen atoms in total. The summed E-state index contributed by atoms with van der Waals surface area (Å²) >= 11 is 1.32. The smallest absolute Gasteiger partial charge is 0.335 e. The number of carbonyl (C=O) groups is 7. The lowest BCUT2D eigenvalue weighted by atomic mass is 9.64. The number of fused-ring (bicyclic) bond motifs is 2. The minimum atomic E-state index is -1.03. The molecular weight excluding hydrogens is 861 g/mol. The van der Waals surface area contributed by atoms with E-state index in [1.807, 2.05) is 42.5 Å². The molecule has 0 saturated carbocycles. The number of rotatable bonds is 17. The van der Waals surface area contributed by atoms with Gasteiger partial charge in [-0.05, 0) is 114 Å². The van der Waals surface area contributed by atoms with Crippen LogP contribution in [-0.4, -0.2) is 101 Å². The van der Waals surface area contributed by atoms with Crippen molar-refractivity contribution in [2.45, 2.75) is 39.5 Å². The number of amides is 4. The molecule has 0 fully saturated rings. The third-order valence-electron chi connectivity index (χ3n) is 12.7. The Morgan fingerprint density at radius 3 is 1.97 bits per heavy atom. The van der Waals surface area contributed by atoms with E-state index in [1.54, 1.807) is 63.2 Å². The fraction of sp³-hybridized carbons (Fsp3) is 0.288. The number of imide groups is 2. The number of benzene rings is 4. The summed E-state index contributed by atoms with van der Waals surface area (Å²) in [5.41, 5.74) is 6.56. The van der Waals surface area contributed by atoms with Gasteiger partial charge in [-0.15, -0.1) is 11.8 Å². The van der Waals surface area contributed by atoms with Gasteiger partial charge in [0.1, 0.15) is 19.0 Å². The van der Waals surface area contributed by atoms with Crippen molar-refractivity contribution >= 4 is 69.6 Å². The number of thioether (sulfide) groups is 1. The molecule has 4 aromatic carbocycles. The summed E-state index contributed by atoms with van der Waals surface area (Å²) in [4.78, 5) is 94.6. The van der Waals surface area contributed by atoms with E-state index in [-0.39, 0.29) is 79.1 Å². The first-order valence-corrected chi connectivity index (χ1v) is 23.0. The highest BCUT2D eigenvalue weighted by Crippen LogP contribution is 2.55. The number of allylic oxidation sites excluding steroid dienone is 4. The van der Waals surface area contributed by atoms with Crippen LogP contribution in [0.25, 0.3) is 16.3 Å². The van der Waals surface area contributed by atoms with Crippen LogP contribution in [0.15, 0.2) is 114 Å². The van der Waals surface area contributed by atoms with Crippen LogP contribution in [0.1, 0.15) is 80.0 Å². The Hall–Kier alpha value is -7.06. The van der Waals surface area contributed by atoms with Gasteiger partial charge >= 0.3 is 17.9 Å². The predicted octanol–water partition coefficient (Wildman–Crippen LogP) is 7.14. The third-order valence-corrected chi connectivity index (χ3v) is 14.0. The molecule has 2 heterocycles. The number of hydrogen-bond donors (Lipinski definition) is 1. The largest absolute Gasteiger partial charge is 0.490 e. The molecule has 0 radical (unpaired) electrons. The lowest BCUT2D eigenvalue weighted by Crippen LogP contribution is -2.48. The number of carboxylic acid groups (broad SMARTS) is 1. The maximum absolute atomic E-state index is 14.2. The van der Waals surface area contributed by atoms with Crippen LogP contribution < -0.4 is 4.74 Å². The van der Waals surface area contributed by atoms with Gasteiger partial charge in [-0.25, -0.2) is 4.79 Å². The summed E-state index contributed by atoms with van der Waals surface area (Å²) in [6.07, 6.45) is 8.32. The topological polar surface area (TPSA) is 174 Å². The molecule has 336 valence electrons. The Labute approximate surface area is 384 Å². The zero-order valence-corrected chi connectivity index (χ0v) is 37.4. The van der Waals surface area contributed by atoms with Crippen LogP contribution >= 0.6 is 11.8 Å². The first kappa shape index (κ1) is 44.2. The fourth-order valence-corrected chi connectivity index (χ4v) is 10.3. The standard InChI is InChI=1S/C52H46N2O11S/c1-4-63-41(55)27-66-28-52(2,3)51(62)65-26-25-64-32-11-7-30(8-12-32)22-24-54-48(58)39-19-15-35-33-13-17-37-44-38(18-14-34(42(33)44)36-16-20-40(49(54)59)45(39)43(35)36)47(57)53(46(37)56)23-21-29-5-9-31(10-6-29)50(60)61/h5-20,33,38H,4,21-28H2,1-3H3,(H,60,61). The van der Waals surface area contributed by atoms with E-state index in [2.05, 4.69) is 0 Å². The van der Waals surface area contributed by atoms with Crippen LogP contribution in [0.2, 0.25) is 0 Å². The maximum Gasteiger partial charge on any atom is 0.335 e. The molecule has 3 aliphatic carbocycles. The van der Waals surface area contributed by atoms with Crippen LogP contribution in [0.3, 0.4) is 0 Å². The summed E-state index contributed by atoms with van der Waals surface area (Å²) in [5.74, 6) is -3.02. The number of esters is 2. The quantitative estimate of drug-likeness (QED) is 0.0646. The van der Waals surface area contributed by atoms with E-state index >= 15 is 0 Å². The molecule has 0 aromatic heterocycles. The summed E-state index contributed by atoms with van der Waals surface area (Å²) in [5, 5.41) is 10.7. The fourth-order valence-electron chi connectivity index (χ4n) is 9.37. The molecule has 2 atom stereocenters. The van der Waals surface area contributed by atoms with Gasteiger partial charge in [-0.2, -0.15) is 0 Å². The zero-order valence-electron chi connectivity index (χ0n) is 36.6. The van der Waals surface area contributed by atoms with Crippen LogP contribution in [0, 0.1) is 11.3 Å². The molecule has 0 bridgehead atoms. The van der Waals surface area contributed by atoms with E-state index in [0.717, 1.165) is 38.8 Å². The van der Waals surface area contributed by atoms with Gasteiger partial charge in [0.05, 0.1) is 29.3 Å². The molecule has 9 rings (SSSR count). The molecule has 4 amide bonds. The highest BCUT2D eigenvalue weighted by atomic mass is 32.2. The van der Waals surface area contributed by atoms with Gasteiger partial charge < -0.3 is 19.3 Å². The van der Waals surface area contributed by atoms with E-state index in [4.69, 9.17) is 14.2 Å². The highest BCUT2D eigenvalue weighted by Gasteiger charge is 2.47. The van der Waals surface area contributed by atoms with E-state index in [1.165, 1.54) is 33.7 Å². The van der Waals surface area contributed by atoms with E-state index < -0.39 is 17.3 Å². The molecule has 5 aliphatic rings. The average molecular weight is 907 g/mol. The van der Waals surface area contributed by atoms with Crippen molar-refractivity contribution < 1.29 is 52.9 Å². The molecule has 1 N–H and O–H groups in total. The van der Waals surface area contributed by atoms with E-state index in [0.29, 0.717) is 58.6 Å². The van der Waals surface area contributed by atoms with Crippen molar-refractivity contribution in [2.24, 2.45) is 11.3 Å². The highest BCUT2D eigenvalue weighted by molar-refractivity contribution is 8.00. The van der Waals surface area contributed by atoms with Crippen molar-refractivity contribution in [3.05, 3.63) is 153 Å². The molecule has 2 unspecified atom stereocenters. The first-order chi connectivity index (χ1) is 31.8. The molecule has 14 heteroatoms. The second kappa shape index (κ2) is 17.7. The Morgan fingerprint density at radius 2 is 1.29 bits per heavy atom. The van der Waals surface area contributed by atoms with Crippen LogP contribution in [-0.2, 0) is 41.5 Å². The Kier molecular flexibility index (Phi) is 11.9. The zero-order chi connectivity index (χ0) is 46.4. The number of nitrogens with zero attached hydrogens (tertiary/aromatic N) is 2. The number of aromatic carboxylic acids is 1. The number of ether oxygens (including phenoxy) is 3. The minimum Gasteiger partial charge on any atom is -0.490 e. The summed E-state index contributed by atoms with van der Waals surface area (Å²) < 4.78 is 16.2. The summed E-state index contributed by atoms with van der Waals surface area (Å²) in [6, 6.07) is 21.1. The predicted molar refractivity (Wildman–Crippen MR) is 246 cm³/mol. The Morgan fingerprint density at radius 1 is 0.682 bits per heavy atom. The SMILES string of the molecule is CCOC(=O)CSCC(C)(C)C(=O)OCCOc1ccc(CCN2C(=O)c3ccc4c5c(ccc(c35)C2=O)C2C=CC3=C5C2=C4C=CC5C(=O)N(CCc2ccc(C(=O)O)cc2)C3=O)cc1. The molecule has 2 aliphatic heterocycles.